The predicted octanol–water partition coefficient (Wildman–Crippen LogP) is 2.79. The van der Waals surface area contributed by atoms with Gasteiger partial charge < -0.3 is 10.3 Å². The number of nitrogens with zero attached hydrogens (tertiary/aromatic N) is 1. The van der Waals surface area contributed by atoms with Crippen LogP contribution >= 0.6 is 0 Å². The molecule has 1 aromatic carbocycles. The van der Waals surface area contributed by atoms with E-state index in [2.05, 4.69) is 24.2 Å². The van der Waals surface area contributed by atoms with Crippen molar-refractivity contribution in [3.05, 3.63) is 35.4 Å². The van der Waals surface area contributed by atoms with Crippen LogP contribution in [-0.2, 0) is 6.42 Å². The third kappa shape index (κ3) is 1.73. The van der Waals surface area contributed by atoms with Gasteiger partial charge in [-0.25, -0.2) is 0 Å². The van der Waals surface area contributed by atoms with Gasteiger partial charge in [-0.2, -0.15) is 0 Å². The maximum Gasteiger partial charge on any atom is 0.172 e. The first kappa shape index (κ1) is 9.77. The average molecular weight is 202 g/mol. The Kier molecular flexibility index (Phi) is 2.46. The van der Waals surface area contributed by atoms with Crippen LogP contribution in [0.4, 0.5) is 5.82 Å². The third-order valence-electron chi connectivity index (χ3n) is 2.45. The molecule has 2 rings (SSSR count). The molecule has 0 atom stereocenters. The molecule has 0 aliphatic rings. The summed E-state index contributed by atoms with van der Waals surface area (Å²) >= 11 is 0. The molecule has 0 fully saturated rings. The Hall–Kier alpha value is -1.77. The minimum Gasteiger partial charge on any atom is -0.381 e. The van der Waals surface area contributed by atoms with E-state index >= 15 is 0 Å². The predicted molar refractivity (Wildman–Crippen MR) is 60.5 cm³/mol. The van der Waals surface area contributed by atoms with Crippen molar-refractivity contribution in [2.75, 3.05) is 5.73 Å². The summed E-state index contributed by atoms with van der Waals surface area (Å²) in [4.78, 5) is 0. The molecule has 15 heavy (non-hydrogen) atoms. The van der Waals surface area contributed by atoms with Crippen molar-refractivity contribution in [3.63, 3.8) is 0 Å². The van der Waals surface area contributed by atoms with Gasteiger partial charge in [0.05, 0.1) is 0 Å². The highest BCUT2D eigenvalue weighted by atomic mass is 16.5. The third-order valence-corrected chi connectivity index (χ3v) is 2.45. The molecule has 0 aliphatic heterocycles. The summed E-state index contributed by atoms with van der Waals surface area (Å²) in [5, 5.41) is 3.80. The van der Waals surface area contributed by atoms with Crippen LogP contribution in [0.2, 0.25) is 0 Å². The van der Waals surface area contributed by atoms with E-state index in [1.165, 1.54) is 5.56 Å². The van der Waals surface area contributed by atoms with Gasteiger partial charge in [0, 0.05) is 11.1 Å². The maximum absolute atomic E-state index is 5.72. The Morgan fingerprint density at radius 2 is 2.20 bits per heavy atom. The van der Waals surface area contributed by atoms with Crippen LogP contribution in [0.25, 0.3) is 11.3 Å². The van der Waals surface area contributed by atoms with E-state index in [4.69, 9.17) is 10.3 Å². The first-order valence-electron chi connectivity index (χ1n) is 5.03. The number of rotatable bonds is 2. The van der Waals surface area contributed by atoms with E-state index < -0.39 is 0 Å². The zero-order chi connectivity index (χ0) is 10.8. The van der Waals surface area contributed by atoms with Crippen LogP contribution < -0.4 is 5.73 Å². The lowest BCUT2D eigenvalue weighted by molar-refractivity contribution is 0.435. The second-order valence-electron chi connectivity index (χ2n) is 3.60. The molecule has 0 bridgehead atoms. The fraction of sp³-hybridized carbons (Fsp3) is 0.250. The van der Waals surface area contributed by atoms with Crippen molar-refractivity contribution < 1.29 is 4.52 Å². The van der Waals surface area contributed by atoms with E-state index in [9.17, 15) is 0 Å². The molecule has 0 unspecified atom stereocenters. The average Bonchev–Trinajstić information content (AvgIpc) is 2.59. The first-order valence-corrected chi connectivity index (χ1v) is 5.03. The van der Waals surface area contributed by atoms with Crippen LogP contribution in [0.3, 0.4) is 0 Å². The van der Waals surface area contributed by atoms with Crippen molar-refractivity contribution in [2.45, 2.75) is 20.3 Å². The molecular formula is C12H14N2O. The summed E-state index contributed by atoms with van der Waals surface area (Å²) in [6.45, 7) is 4.09. The highest BCUT2D eigenvalue weighted by Gasteiger charge is 2.13. The second kappa shape index (κ2) is 3.77. The highest BCUT2D eigenvalue weighted by molar-refractivity contribution is 5.66. The van der Waals surface area contributed by atoms with Crippen LogP contribution in [-0.4, -0.2) is 5.16 Å². The van der Waals surface area contributed by atoms with Gasteiger partial charge >= 0.3 is 0 Å². The number of hydrogen-bond donors (Lipinski definition) is 1. The molecule has 1 aromatic heterocycles. The van der Waals surface area contributed by atoms with Gasteiger partial charge in [-0.15, -0.1) is 0 Å². The number of nitrogen functional groups attached to an aromatic ring is 1. The Bertz CT molecular complexity index is 474. The monoisotopic (exact) mass is 202 g/mol. The zero-order valence-corrected chi connectivity index (χ0v) is 8.95. The Labute approximate surface area is 88.9 Å². The van der Waals surface area contributed by atoms with Crippen LogP contribution in [0.1, 0.15) is 18.1 Å². The molecule has 2 aromatic rings. The van der Waals surface area contributed by atoms with Crippen molar-refractivity contribution in [3.8, 4) is 11.3 Å². The molecule has 1 heterocycles. The van der Waals surface area contributed by atoms with Gasteiger partial charge in [-0.1, -0.05) is 35.8 Å². The SMILES string of the molecule is CCc1c(N)noc1-c1cccc(C)c1. The van der Waals surface area contributed by atoms with Crippen LogP contribution in [0.15, 0.2) is 28.8 Å². The standard InChI is InChI=1S/C12H14N2O/c1-3-10-11(15-14-12(10)13)9-6-4-5-8(2)7-9/h4-7H,3H2,1-2H3,(H2,13,14). The number of nitrogens with two attached hydrogens (primary N) is 1. The Morgan fingerprint density at radius 3 is 2.87 bits per heavy atom. The number of hydrogen-bond acceptors (Lipinski definition) is 3. The quantitative estimate of drug-likeness (QED) is 0.814. The molecule has 3 heteroatoms. The van der Waals surface area contributed by atoms with Gasteiger partial charge in [0.1, 0.15) is 0 Å². The summed E-state index contributed by atoms with van der Waals surface area (Å²) in [5.74, 6) is 1.28. The maximum atomic E-state index is 5.72. The zero-order valence-electron chi connectivity index (χ0n) is 8.95. The minimum absolute atomic E-state index is 0.494. The Morgan fingerprint density at radius 1 is 1.40 bits per heavy atom. The van der Waals surface area contributed by atoms with E-state index in [0.29, 0.717) is 5.82 Å². The summed E-state index contributed by atoms with van der Waals surface area (Å²) < 4.78 is 5.25. The largest absolute Gasteiger partial charge is 0.381 e. The minimum atomic E-state index is 0.494. The van der Waals surface area contributed by atoms with Crippen molar-refractivity contribution in [1.29, 1.82) is 0 Å². The number of anilines is 1. The molecule has 0 saturated carbocycles. The van der Waals surface area contributed by atoms with Gasteiger partial charge in [0.25, 0.3) is 0 Å². The highest BCUT2D eigenvalue weighted by Crippen LogP contribution is 2.28. The Balaban J connectivity index is 2.54. The molecule has 3 nitrogen and oxygen atoms in total. The number of aryl methyl sites for hydroxylation is 1. The first-order chi connectivity index (χ1) is 7.22. The van der Waals surface area contributed by atoms with Gasteiger partial charge in [-0.05, 0) is 19.4 Å². The molecule has 0 spiro atoms. The van der Waals surface area contributed by atoms with Crippen LogP contribution in [0, 0.1) is 6.92 Å². The molecular weight excluding hydrogens is 188 g/mol. The molecule has 0 aliphatic carbocycles. The topological polar surface area (TPSA) is 52.0 Å². The molecule has 78 valence electrons. The summed E-state index contributed by atoms with van der Waals surface area (Å²) in [6, 6.07) is 8.13. The van der Waals surface area contributed by atoms with E-state index in [-0.39, 0.29) is 0 Å². The van der Waals surface area contributed by atoms with Crippen LogP contribution in [0.5, 0.6) is 0 Å². The molecule has 0 saturated heterocycles. The van der Waals surface area contributed by atoms with E-state index in [0.717, 1.165) is 23.3 Å². The van der Waals surface area contributed by atoms with Crippen molar-refractivity contribution in [1.82, 2.24) is 5.16 Å². The summed E-state index contributed by atoms with van der Waals surface area (Å²) in [5.41, 5.74) is 8.95. The molecule has 2 N–H and O–H groups in total. The summed E-state index contributed by atoms with van der Waals surface area (Å²) in [7, 11) is 0. The number of aromatic nitrogens is 1. The second-order valence-corrected chi connectivity index (χ2v) is 3.60. The van der Waals surface area contributed by atoms with E-state index in [1.807, 2.05) is 19.1 Å². The van der Waals surface area contributed by atoms with E-state index in [1.54, 1.807) is 0 Å². The van der Waals surface area contributed by atoms with Crippen molar-refractivity contribution >= 4 is 5.82 Å². The smallest absolute Gasteiger partial charge is 0.172 e. The lowest BCUT2D eigenvalue weighted by Gasteiger charge is -2.00. The molecule has 0 radical (unpaired) electrons. The van der Waals surface area contributed by atoms with Gasteiger partial charge in [0.2, 0.25) is 0 Å². The number of benzene rings is 1. The molecule has 0 amide bonds. The van der Waals surface area contributed by atoms with Crippen molar-refractivity contribution in [2.24, 2.45) is 0 Å². The van der Waals surface area contributed by atoms with Gasteiger partial charge in [0.15, 0.2) is 11.6 Å². The van der Waals surface area contributed by atoms with Gasteiger partial charge in [-0.3, -0.25) is 0 Å². The lowest BCUT2D eigenvalue weighted by atomic mass is 10.0. The fourth-order valence-electron chi connectivity index (χ4n) is 1.68. The lowest BCUT2D eigenvalue weighted by Crippen LogP contribution is -1.90. The fourth-order valence-corrected chi connectivity index (χ4v) is 1.68. The normalized spacial score (nSPS) is 10.5. The summed E-state index contributed by atoms with van der Waals surface area (Å²) in [6.07, 6.45) is 0.832.